The first-order valence-corrected chi connectivity index (χ1v) is 11.8. The van der Waals surface area contributed by atoms with Gasteiger partial charge in [-0.05, 0) is 43.4 Å². The Morgan fingerprint density at radius 2 is 1.94 bits per heavy atom. The minimum atomic E-state index is -0.283. The van der Waals surface area contributed by atoms with Crippen molar-refractivity contribution in [1.29, 1.82) is 0 Å². The van der Waals surface area contributed by atoms with E-state index < -0.39 is 0 Å². The van der Waals surface area contributed by atoms with Gasteiger partial charge in [0.25, 0.3) is 5.91 Å². The van der Waals surface area contributed by atoms with Crippen LogP contribution in [0.15, 0.2) is 30.6 Å². The Balaban J connectivity index is 0.00000304. The summed E-state index contributed by atoms with van der Waals surface area (Å²) in [7, 11) is 1.65. The van der Waals surface area contributed by atoms with Gasteiger partial charge >= 0.3 is 0 Å². The number of carbonyl (C=O) groups excluding carboxylic acids is 1. The van der Waals surface area contributed by atoms with Gasteiger partial charge in [0.05, 0.1) is 37.3 Å². The summed E-state index contributed by atoms with van der Waals surface area (Å²) >= 11 is 0. The predicted octanol–water partition coefficient (Wildman–Crippen LogP) is 3.03. The molecule has 10 heteroatoms. The molecule has 0 unspecified atom stereocenters. The topological polar surface area (TPSA) is 108 Å². The Kier molecular flexibility index (Phi) is 7.81. The first-order chi connectivity index (χ1) is 17.0. The summed E-state index contributed by atoms with van der Waals surface area (Å²) < 4.78 is 12.7. The van der Waals surface area contributed by atoms with Crippen LogP contribution in [0.3, 0.4) is 0 Å². The summed E-state index contributed by atoms with van der Waals surface area (Å²) in [6.45, 7) is 6.39. The van der Waals surface area contributed by atoms with Gasteiger partial charge in [-0.1, -0.05) is 18.1 Å². The number of amides is 1. The van der Waals surface area contributed by atoms with Crippen molar-refractivity contribution in [3.63, 3.8) is 0 Å². The molecule has 9 nitrogen and oxygen atoms in total. The fourth-order valence-corrected chi connectivity index (χ4v) is 4.44. The van der Waals surface area contributed by atoms with E-state index in [2.05, 4.69) is 43.5 Å². The molecular weight excluding hydrogens is 480 g/mol. The van der Waals surface area contributed by atoms with Crippen molar-refractivity contribution in [2.75, 3.05) is 51.0 Å². The van der Waals surface area contributed by atoms with Crippen LogP contribution in [0.4, 0.5) is 11.5 Å². The van der Waals surface area contributed by atoms with Crippen LogP contribution in [0.1, 0.15) is 41.4 Å². The van der Waals surface area contributed by atoms with Gasteiger partial charge in [-0.25, -0.2) is 9.97 Å². The lowest BCUT2D eigenvalue weighted by Crippen LogP contribution is -2.36. The van der Waals surface area contributed by atoms with Gasteiger partial charge in [0.2, 0.25) is 0 Å². The number of aromatic nitrogens is 3. The quantitative estimate of drug-likeness (QED) is 0.491. The van der Waals surface area contributed by atoms with E-state index in [1.807, 2.05) is 24.3 Å². The number of nitrogens with two attached hydrogens (primary N) is 1. The third-order valence-electron chi connectivity index (χ3n) is 6.66. The van der Waals surface area contributed by atoms with Gasteiger partial charge in [0.1, 0.15) is 23.5 Å². The summed E-state index contributed by atoms with van der Waals surface area (Å²) in [4.78, 5) is 24.7. The Morgan fingerprint density at radius 3 is 2.61 bits per heavy atom. The minimum absolute atomic E-state index is 0. The Labute approximate surface area is 216 Å². The van der Waals surface area contributed by atoms with Crippen LogP contribution in [-0.2, 0) is 21.6 Å². The standard InChI is InChI=1S/C26H30N6O3.ClH/c1-26(9-10-26)32-20(4-3-11-31-12-14-35-15-13-31)21(22-23(27)28-17-29-24(22)32)25(33)30-19-7-5-18(6-8-19)16-34-2;/h5-8,17H,9-16H2,1-2H3,(H,30,33)(H2,27,28,29);1H. The molecule has 3 aromatic rings. The molecule has 5 rings (SSSR count). The molecule has 0 bridgehead atoms. The molecule has 36 heavy (non-hydrogen) atoms. The lowest BCUT2D eigenvalue weighted by Gasteiger charge is -2.24. The second-order valence-electron chi connectivity index (χ2n) is 9.29. The number of methoxy groups -OCH3 is 1. The molecule has 190 valence electrons. The lowest BCUT2D eigenvalue weighted by atomic mass is 10.1. The number of hydrogen-bond donors (Lipinski definition) is 2. The average Bonchev–Trinajstić information content (AvgIpc) is 3.50. The van der Waals surface area contributed by atoms with Crippen LogP contribution in [-0.4, -0.2) is 65.3 Å². The van der Waals surface area contributed by atoms with E-state index in [1.165, 1.54) is 6.33 Å². The second kappa shape index (κ2) is 10.8. The van der Waals surface area contributed by atoms with Crippen molar-refractivity contribution in [2.45, 2.75) is 31.9 Å². The molecule has 1 saturated heterocycles. The van der Waals surface area contributed by atoms with Crippen molar-refractivity contribution in [3.05, 3.63) is 47.4 Å². The number of nitrogens with zero attached hydrogens (tertiary/aromatic N) is 4. The van der Waals surface area contributed by atoms with Gasteiger partial charge in [-0.15, -0.1) is 12.4 Å². The van der Waals surface area contributed by atoms with Crippen LogP contribution in [0.5, 0.6) is 0 Å². The van der Waals surface area contributed by atoms with E-state index in [-0.39, 0.29) is 29.7 Å². The number of halogens is 1. The number of fused-ring (bicyclic) bond motifs is 1. The van der Waals surface area contributed by atoms with E-state index in [4.69, 9.17) is 15.2 Å². The van der Waals surface area contributed by atoms with E-state index in [1.54, 1.807) is 7.11 Å². The Hall–Kier alpha value is -3.16. The monoisotopic (exact) mass is 510 g/mol. The number of nitrogens with one attached hydrogen (secondary N) is 1. The van der Waals surface area contributed by atoms with Crippen molar-refractivity contribution in [1.82, 2.24) is 19.4 Å². The molecule has 0 radical (unpaired) electrons. The number of benzene rings is 1. The second-order valence-corrected chi connectivity index (χ2v) is 9.29. The highest BCUT2D eigenvalue weighted by Crippen LogP contribution is 2.47. The van der Waals surface area contributed by atoms with E-state index in [0.717, 1.165) is 31.5 Å². The third kappa shape index (κ3) is 5.18. The number of rotatable bonds is 6. The molecule has 0 spiro atoms. The largest absolute Gasteiger partial charge is 0.383 e. The van der Waals surface area contributed by atoms with Crippen LogP contribution >= 0.6 is 12.4 Å². The number of anilines is 2. The molecular formula is C26H31ClN6O3. The number of nitrogen functional groups attached to an aromatic ring is 1. The molecule has 1 aromatic carbocycles. The van der Waals surface area contributed by atoms with Crippen LogP contribution in [0, 0.1) is 11.8 Å². The summed E-state index contributed by atoms with van der Waals surface area (Å²) in [5.41, 5.74) is 9.55. The first-order valence-electron chi connectivity index (χ1n) is 11.8. The van der Waals surface area contributed by atoms with E-state index >= 15 is 0 Å². The van der Waals surface area contributed by atoms with Gasteiger partial charge in [0, 0.05) is 31.4 Å². The summed E-state index contributed by atoms with van der Waals surface area (Å²) in [5, 5.41) is 3.56. The zero-order valence-corrected chi connectivity index (χ0v) is 21.4. The molecule has 1 amide bonds. The predicted molar refractivity (Wildman–Crippen MR) is 141 cm³/mol. The minimum Gasteiger partial charge on any atom is -0.383 e. The summed E-state index contributed by atoms with van der Waals surface area (Å²) in [6.07, 6.45) is 3.42. The normalized spacial score (nSPS) is 16.6. The number of carbonyl (C=O) groups is 1. The Morgan fingerprint density at radius 1 is 1.22 bits per heavy atom. The molecule has 2 fully saturated rings. The first kappa shape index (κ1) is 25.9. The summed E-state index contributed by atoms with van der Waals surface area (Å²) in [5.74, 6) is 6.59. The van der Waals surface area contributed by atoms with Crippen molar-refractivity contribution >= 4 is 40.9 Å². The van der Waals surface area contributed by atoms with Crippen LogP contribution in [0.25, 0.3) is 11.0 Å². The summed E-state index contributed by atoms with van der Waals surface area (Å²) in [6, 6.07) is 7.57. The van der Waals surface area contributed by atoms with E-state index in [9.17, 15) is 4.79 Å². The molecule has 1 aliphatic heterocycles. The highest BCUT2D eigenvalue weighted by atomic mass is 35.5. The van der Waals surface area contributed by atoms with Gasteiger partial charge in [-0.3, -0.25) is 9.69 Å². The van der Waals surface area contributed by atoms with Gasteiger partial charge in [-0.2, -0.15) is 0 Å². The molecule has 2 aliphatic rings. The van der Waals surface area contributed by atoms with Crippen molar-refractivity contribution in [2.24, 2.45) is 0 Å². The maximum Gasteiger partial charge on any atom is 0.259 e. The third-order valence-corrected chi connectivity index (χ3v) is 6.66. The fourth-order valence-electron chi connectivity index (χ4n) is 4.44. The highest BCUT2D eigenvalue weighted by molar-refractivity contribution is 6.16. The number of hydrogen-bond acceptors (Lipinski definition) is 7. The smallest absolute Gasteiger partial charge is 0.259 e. The molecule has 1 saturated carbocycles. The highest BCUT2D eigenvalue weighted by Gasteiger charge is 2.43. The zero-order valence-electron chi connectivity index (χ0n) is 20.5. The molecule has 2 aromatic heterocycles. The van der Waals surface area contributed by atoms with Crippen LogP contribution in [0.2, 0.25) is 0 Å². The number of morpholine rings is 1. The maximum atomic E-state index is 13.7. The van der Waals surface area contributed by atoms with Crippen LogP contribution < -0.4 is 11.1 Å². The van der Waals surface area contributed by atoms with Gasteiger partial charge < -0.3 is 25.1 Å². The average molecular weight is 511 g/mol. The maximum absolute atomic E-state index is 13.7. The number of ether oxygens (including phenoxy) is 2. The van der Waals surface area contributed by atoms with E-state index in [0.29, 0.717) is 54.3 Å². The molecule has 1 aliphatic carbocycles. The lowest BCUT2D eigenvalue weighted by molar-refractivity contribution is 0.0443. The SMILES string of the molecule is COCc1ccc(NC(=O)c2c(C#CCN3CCOCC3)n(C3(C)CC3)c3ncnc(N)c23)cc1.Cl. The molecule has 3 heterocycles. The van der Waals surface area contributed by atoms with Gasteiger partial charge in [0.15, 0.2) is 0 Å². The molecule has 0 atom stereocenters. The molecule has 3 N–H and O–H groups in total. The van der Waals surface area contributed by atoms with Crippen molar-refractivity contribution in [3.8, 4) is 11.8 Å². The fraction of sp³-hybridized carbons (Fsp3) is 0.423. The Bertz CT molecular complexity index is 1300. The zero-order chi connectivity index (χ0) is 24.4. The van der Waals surface area contributed by atoms with Crippen molar-refractivity contribution < 1.29 is 14.3 Å².